The number of hydrogen-bond donors (Lipinski definition) is 1. The first-order valence-corrected chi connectivity index (χ1v) is 5.51. The number of rotatable bonds is 2. The lowest BCUT2D eigenvalue weighted by molar-refractivity contribution is 0.210. The smallest absolute Gasteiger partial charge is 0.102 e. The molecule has 1 N–H and O–H groups in total. The molecule has 1 atom stereocenters. The van der Waals surface area contributed by atoms with Crippen molar-refractivity contribution in [2.45, 2.75) is 38.2 Å². The Labute approximate surface area is 89.9 Å². The molecule has 1 aromatic rings. The van der Waals surface area contributed by atoms with Crippen molar-refractivity contribution in [1.29, 1.82) is 0 Å². The molecule has 1 heterocycles. The lowest BCUT2D eigenvalue weighted by Gasteiger charge is -2.13. The molecule has 0 amide bonds. The number of aliphatic hydroxyl groups excluding tert-OH is 1. The molecular weight excluding hydrogens is 188 g/mol. The van der Waals surface area contributed by atoms with E-state index in [0.29, 0.717) is 0 Å². The highest BCUT2D eigenvalue weighted by Gasteiger charge is 2.14. The second kappa shape index (κ2) is 5.03. The van der Waals surface area contributed by atoms with Crippen LogP contribution in [0.4, 0.5) is 0 Å². The molecule has 3 heteroatoms. The zero-order chi connectivity index (χ0) is 10.5. The van der Waals surface area contributed by atoms with Gasteiger partial charge in [0.15, 0.2) is 0 Å². The number of hydrogen-bond acceptors (Lipinski definition) is 3. The highest BCUT2D eigenvalue weighted by atomic mass is 16.3. The molecule has 0 radical (unpaired) electrons. The Morgan fingerprint density at radius 1 is 1.20 bits per heavy atom. The van der Waals surface area contributed by atoms with Crippen LogP contribution in [-0.4, -0.2) is 15.3 Å². The fourth-order valence-electron chi connectivity index (χ4n) is 1.96. The molecule has 15 heavy (non-hydrogen) atoms. The van der Waals surface area contributed by atoms with Crippen LogP contribution in [0.15, 0.2) is 30.1 Å². The summed E-state index contributed by atoms with van der Waals surface area (Å²) < 4.78 is 0. The van der Waals surface area contributed by atoms with Gasteiger partial charge in [0, 0.05) is 11.8 Å². The summed E-state index contributed by atoms with van der Waals surface area (Å²) in [5.74, 6) is 0. The van der Waals surface area contributed by atoms with E-state index in [0.717, 1.165) is 24.0 Å². The van der Waals surface area contributed by atoms with Crippen molar-refractivity contribution in [3.8, 4) is 0 Å². The Hall–Kier alpha value is -1.22. The Bertz CT molecular complexity index is 335. The fourth-order valence-corrected chi connectivity index (χ4v) is 1.96. The predicted octanol–water partition coefficient (Wildman–Crippen LogP) is 2.40. The first-order chi connectivity index (χ1) is 7.38. The van der Waals surface area contributed by atoms with Crippen molar-refractivity contribution in [1.82, 2.24) is 10.2 Å². The lowest BCUT2D eigenvalue weighted by Crippen LogP contribution is -2.02. The molecule has 0 spiro atoms. The topological polar surface area (TPSA) is 46.0 Å². The van der Waals surface area contributed by atoms with E-state index in [4.69, 9.17) is 0 Å². The molecular formula is C12H16N2O. The number of nitrogens with zero attached hydrogens (tertiary/aromatic N) is 2. The minimum Gasteiger partial charge on any atom is -0.384 e. The molecule has 1 unspecified atom stereocenters. The van der Waals surface area contributed by atoms with Gasteiger partial charge in [-0.3, -0.25) is 0 Å². The molecule has 1 aromatic heterocycles. The Balaban J connectivity index is 2.13. The van der Waals surface area contributed by atoms with Crippen LogP contribution >= 0.6 is 0 Å². The van der Waals surface area contributed by atoms with E-state index in [-0.39, 0.29) is 0 Å². The van der Waals surface area contributed by atoms with Crippen LogP contribution < -0.4 is 0 Å². The highest BCUT2D eigenvalue weighted by Crippen LogP contribution is 2.28. The molecule has 80 valence electrons. The molecule has 0 aliphatic heterocycles. The number of aliphatic hydroxyl groups is 1. The Kier molecular flexibility index (Phi) is 3.45. The van der Waals surface area contributed by atoms with Gasteiger partial charge in [0.1, 0.15) is 6.10 Å². The highest BCUT2D eigenvalue weighted by molar-refractivity contribution is 5.22. The average Bonchev–Trinajstić information content (AvgIpc) is 2.58. The minimum absolute atomic E-state index is 0.487. The molecule has 0 fully saturated rings. The molecule has 1 aliphatic carbocycles. The van der Waals surface area contributed by atoms with Gasteiger partial charge in [0.2, 0.25) is 0 Å². The van der Waals surface area contributed by atoms with Gasteiger partial charge in [-0.1, -0.05) is 12.5 Å². The maximum Gasteiger partial charge on any atom is 0.102 e. The van der Waals surface area contributed by atoms with Crippen LogP contribution in [0.3, 0.4) is 0 Å². The summed E-state index contributed by atoms with van der Waals surface area (Å²) in [6.45, 7) is 0. The van der Waals surface area contributed by atoms with Crippen LogP contribution in [0.2, 0.25) is 0 Å². The second-order valence-electron chi connectivity index (χ2n) is 3.96. The van der Waals surface area contributed by atoms with Crippen molar-refractivity contribution in [3.63, 3.8) is 0 Å². The second-order valence-corrected chi connectivity index (χ2v) is 3.96. The average molecular weight is 204 g/mol. The van der Waals surface area contributed by atoms with E-state index >= 15 is 0 Å². The summed E-state index contributed by atoms with van der Waals surface area (Å²) >= 11 is 0. The summed E-state index contributed by atoms with van der Waals surface area (Å²) in [5, 5.41) is 17.6. The SMILES string of the molecule is OC(C1=CCCCCC1)c1ccnnc1. The summed E-state index contributed by atoms with van der Waals surface area (Å²) in [5.41, 5.74) is 1.98. The maximum absolute atomic E-state index is 10.1. The van der Waals surface area contributed by atoms with E-state index in [2.05, 4.69) is 16.3 Å². The van der Waals surface area contributed by atoms with Gasteiger partial charge in [-0.2, -0.15) is 10.2 Å². The fraction of sp³-hybridized carbons (Fsp3) is 0.500. The molecule has 1 aliphatic rings. The largest absolute Gasteiger partial charge is 0.384 e. The quantitative estimate of drug-likeness (QED) is 0.752. The zero-order valence-electron chi connectivity index (χ0n) is 8.76. The number of allylic oxidation sites excluding steroid dienone is 1. The third-order valence-electron chi connectivity index (χ3n) is 2.85. The molecule has 0 saturated carbocycles. The van der Waals surface area contributed by atoms with Crippen molar-refractivity contribution in [2.24, 2.45) is 0 Å². The molecule has 0 saturated heterocycles. The van der Waals surface area contributed by atoms with Crippen LogP contribution in [0.5, 0.6) is 0 Å². The third kappa shape index (κ3) is 2.63. The van der Waals surface area contributed by atoms with E-state index in [1.807, 2.05) is 6.07 Å². The molecule has 0 aromatic carbocycles. The van der Waals surface area contributed by atoms with Gasteiger partial charge < -0.3 is 5.11 Å². The van der Waals surface area contributed by atoms with Crippen LogP contribution in [0.1, 0.15) is 43.8 Å². The minimum atomic E-state index is -0.487. The first-order valence-electron chi connectivity index (χ1n) is 5.51. The predicted molar refractivity (Wildman–Crippen MR) is 58.2 cm³/mol. The van der Waals surface area contributed by atoms with E-state index in [1.54, 1.807) is 12.4 Å². The van der Waals surface area contributed by atoms with Crippen molar-refractivity contribution in [3.05, 3.63) is 35.7 Å². The number of aromatic nitrogens is 2. The van der Waals surface area contributed by atoms with Gasteiger partial charge in [-0.15, -0.1) is 0 Å². The molecule has 2 rings (SSSR count). The summed E-state index contributed by atoms with van der Waals surface area (Å²) in [6.07, 6.45) is 10.7. The van der Waals surface area contributed by atoms with Gasteiger partial charge in [0.25, 0.3) is 0 Å². The Morgan fingerprint density at radius 2 is 2.13 bits per heavy atom. The summed E-state index contributed by atoms with van der Waals surface area (Å²) in [4.78, 5) is 0. The monoisotopic (exact) mass is 204 g/mol. The molecule has 3 nitrogen and oxygen atoms in total. The van der Waals surface area contributed by atoms with Gasteiger partial charge >= 0.3 is 0 Å². The van der Waals surface area contributed by atoms with Crippen LogP contribution in [0.25, 0.3) is 0 Å². The van der Waals surface area contributed by atoms with E-state index in [1.165, 1.54) is 19.3 Å². The van der Waals surface area contributed by atoms with Gasteiger partial charge in [-0.25, -0.2) is 0 Å². The van der Waals surface area contributed by atoms with Crippen LogP contribution in [-0.2, 0) is 0 Å². The molecule has 0 bridgehead atoms. The van der Waals surface area contributed by atoms with Crippen molar-refractivity contribution in [2.75, 3.05) is 0 Å². The normalized spacial score (nSPS) is 19.1. The van der Waals surface area contributed by atoms with E-state index in [9.17, 15) is 5.11 Å². The van der Waals surface area contributed by atoms with Crippen LogP contribution in [0, 0.1) is 0 Å². The van der Waals surface area contributed by atoms with E-state index < -0.39 is 6.10 Å². The van der Waals surface area contributed by atoms with Crippen molar-refractivity contribution < 1.29 is 5.11 Å². The van der Waals surface area contributed by atoms with Gasteiger partial charge in [0.05, 0.1) is 6.20 Å². The lowest BCUT2D eigenvalue weighted by atomic mass is 9.99. The summed E-state index contributed by atoms with van der Waals surface area (Å²) in [6, 6.07) is 1.82. The summed E-state index contributed by atoms with van der Waals surface area (Å²) in [7, 11) is 0. The zero-order valence-corrected chi connectivity index (χ0v) is 8.76. The third-order valence-corrected chi connectivity index (χ3v) is 2.85. The standard InChI is InChI=1S/C12H16N2O/c15-12(11-7-8-13-14-9-11)10-5-3-1-2-4-6-10/h5,7-9,12,15H,1-4,6H2. The Morgan fingerprint density at radius 3 is 2.93 bits per heavy atom. The van der Waals surface area contributed by atoms with Crippen molar-refractivity contribution >= 4 is 0 Å². The first kappa shape index (κ1) is 10.3. The van der Waals surface area contributed by atoms with Gasteiger partial charge in [-0.05, 0) is 37.3 Å². The maximum atomic E-state index is 10.1.